The molecular weight excluding hydrogens is 272 g/mol. The molecule has 1 aromatic carbocycles. The predicted octanol–water partition coefficient (Wildman–Crippen LogP) is 0.409. The Kier molecular flexibility index (Phi) is 3.48. The van der Waals surface area contributed by atoms with Crippen LogP contribution in [0.2, 0.25) is 0 Å². The zero-order valence-corrected chi connectivity index (χ0v) is 11.4. The zero-order chi connectivity index (χ0) is 14.9. The lowest BCUT2D eigenvalue weighted by molar-refractivity contribution is 0.0264. The van der Waals surface area contributed by atoms with Gasteiger partial charge in [-0.2, -0.15) is 0 Å². The average molecular weight is 288 g/mol. The van der Waals surface area contributed by atoms with E-state index in [1.165, 1.54) is 0 Å². The van der Waals surface area contributed by atoms with Crippen molar-refractivity contribution in [2.45, 2.75) is 12.0 Å². The van der Waals surface area contributed by atoms with Crippen molar-refractivity contribution in [3.63, 3.8) is 0 Å². The van der Waals surface area contributed by atoms with E-state index in [1.54, 1.807) is 24.3 Å². The Morgan fingerprint density at radius 2 is 2.24 bits per heavy atom. The molecule has 0 radical (unpaired) electrons. The molecule has 3 rings (SSSR count). The number of carbonyl (C=O) groups excluding carboxylic acids is 1. The zero-order valence-electron chi connectivity index (χ0n) is 11.4. The second kappa shape index (κ2) is 5.31. The molecule has 1 fully saturated rings. The van der Waals surface area contributed by atoms with E-state index < -0.39 is 11.5 Å². The van der Waals surface area contributed by atoms with E-state index in [1.807, 2.05) is 6.07 Å². The number of rotatable bonds is 3. The van der Waals surface area contributed by atoms with Crippen molar-refractivity contribution in [2.24, 2.45) is 0 Å². The van der Waals surface area contributed by atoms with Crippen molar-refractivity contribution in [3.05, 3.63) is 46.4 Å². The molecule has 1 amide bonds. The average Bonchev–Trinajstić information content (AvgIpc) is 2.92. The fourth-order valence-electron chi connectivity index (χ4n) is 2.41. The van der Waals surface area contributed by atoms with E-state index in [9.17, 15) is 14.7 Å². The fourth-order valence-corrected chi connectivity index (χ4v) is 2.41. The molecule has 0 saturated carbocycles. The maximum atomic E-state index is 12.1. The molecule has 21 heavy (non-hydrogen) atoms. The number of H-pyrrole nitrogens is 1. The Hall–Kier alpha value is -2.18. The first-order valence-corrected chi connectivity index (χ1v) is 6.78. The lowest BCUT2D eigenvalue weighted by Crippen LogP contribution is -2.43. The van der Waals surface area contributed by atoms with Gasteiger partial charge < -0.3 is 20.1 Å². The van der Waals surface area contributed by atoms with Crippen LogP contribution in [0.25, 0.3) is 10.8 Å². The minimum Gasteiger partial charge on any atom is -0.386 e. The van der Waals surface area contributed by atoms with Gasteiger partial charge in [0, 0.05) is 25.0 Å². The maximum Gasteiger partial charge on any atom is 0.267 e. The summed E-state index contributed by atoms with van der Waals surface area (Å²) in [5.41, 5.74) is -1.14. The Labute approximate surface area is 120 Å². The van der Waals surface area contributed by atoms with Crippen LogP contribution in [0.3, 0.4) is 0 Å². The first-order chi connectivity index (χ1) is 10.1. The van der Waals surface area contributed by atoms with Gasteiger partial charge in [0.05, 0.1) is 6.61 Å². The molecular formula is C15H16N2O4. The van der Waals surface area contributed by atoms with Crippen molar-refractivity contribution in [1.29, 1.82) is 0 Å². The Bertz CT molecular complexity index is 732. The number of pyridine rings is 1. The van der Waals surface area contributed by atoms with Gasteiger partial charge in [-0.1, -0.05) is 18.2 Å². The molecule has 2 heterocycles. The number of amides is 1. The first-order valence-electron chi connectivity index (χ1n) is 6.78. The van der Waals surface area contributed by atoms with Gasteiger partial charge in [-0.25, -0.2) is 0 Å². The summed E-state index contributed by atoms with van der Waals surface area (Å²) in [7, 11) is 0. The van der Waals surface area contributed by atoms with Crippen molar-refractivity contribution in [2.75, 3.05) is 19.8 Å². The molecule has 1 unspecified atom stereocenters. The monoisotopic (exact) mass is 288 g/mol. The Morgan fingerprint density at radius 1 is 1.43 bits per heavy atom. The molecule has 2 aromatic rings. The molecule has 1 saturated heterocycles. The summed E-state index contributed by atoms with van der Waals surface area (Å²) in [6.07, 6.45) is 0.488. The molecule has 1 atom stereocenters. The van der Waals surface area contributed by atoms with E-state index in [0.717, 1.165) is 0 Å². The quantitative estimate of drug-likeness (QED) is 0.763. The number of aromatic nitrogens is 1. The minimum absolute atomic E-state index is 0.0979. The van der Waals surface area contributed by atoms with Crippen LogP contribution in [0.15, 0.2) is 35.1 Å². The van der Waals surface area contributed by atoms with Crippen LogP contribution < -0.4 is 10.9 Å². The molecule has 0 spiro atoms. The van der Waals surface area contributed by atoms with E-state index in [4.69, 9.17) is 4.74 Å². The van der Waals surface area contributed by atoms with Gasteiger partial charge in [0.15, 0.2) is 0 Å². The first kappa shape index (κ1) is 13.8. The normalized spacial score (nSPS) is 21.6. The molecule has 1 aliphatic heterocycles. The number of nitrogens with one attached hydrogen (secondary N) is 2. The SMILES string of the molecule is O=C(NCC1(O)CCOC1)c1cc2ccccc2c(=O)[nH]1. The topological polar surface area (TPSA) is 91.4 Å². The highest BCUT2D eigenvalue weighted by Crippen LogP contribution is 2.17. The van der Waals surface area contributed by atoms with Gasteiger partial charge in [0.2, 0.25) is 0 Å². The van der Waals surface area contributed by atoms with Crippen LogP contribution in [0.1, 0.15) is 16.9 Å². The Balaban J connectivity index is 1.80. The van der Waals surface area contributed by atoms with Crippen LogP contribution in [0.4, 0.5) is 0 Å². The summed E-state index contributed by atoms with van der Waals surface area (Å²) in [5, 5.41) is 14.0. The van der Waals surface area contributed by atoms with Crippen LogP contribution in [0, 0.1) is 0 Å². The molecule has 110 valence electrons. The Morgan fingerprint density at radius 3 is 3.00 bits per heavy atom. The number of hydrogen-bond acceptors (Lipinski definition) is 4. The van der Waals surface area contributed by atoms with Crippen molar-refractivity contribution < 1.29 is 14.6 Å². The molecule has 0 aliphatic carbocycles. The van der Waals surface area contributed by atoms with Crippen molar-refractivity contribution >= 4 is 16.7 Å². The van der Waals surface area contributed by atoms with Gasteiger partial charge in [0.25, 0.3) is 11.5 Å². The molecule has 1 aliphatic rings. The smallest absolute Gasteiger partial charge is 0.267 e. The van der Waals surface area contributed by atoms with Crippen LogP contribution in [-0.4, -0.2) is 41.4 Å². The van der Waals surface area contributed by atoms with Crippen LogP contribution in [0.5, 0.6) is 0 Å². The number of fused-ring (bicyclic) bond motifs is 1. The summed E-state index contributed by atoms with van der Waals surface area (Å²) in [4.78, 5) is 26.6. The van der Waals surface area contributed by atoms with Gasteiger partial charge in [-0.05, 0) is 17.5 Å². The fraction of sp³-hybridized carbons (Fsp3) is 0.333. The third-order valence-corrected chi connectivity index (χ3v) is 3.66. The summed E-state index contributed by atoms with van der Waals surface area (Å²) in [5.74, 6) is -0.418. The standard InChI is InChI=1S/C15H16N2O4/c18-13-11-4-2-1-3-10(11)7-12(17-13)14(19)16-8-15(20)5-6-21-9-15/h1-4,7,20H,5-6,8-9H2,(H,16,19)(H,17,18). The lowest BCUT2D eigenvalue weighted by Gasteiger charge is -2.20. The van der Waals surface area contributed by atoms with E-state index in [0.29, 0.717) is 23.8 Å². The minimum atomic E-state index is -1.02. The molecule has 3 N–H and O–H groups in total. The van der Waals surface area contributed by atoms with Crippen molar-refractivity contribution in [1.82, 2.24) is 10.3 Å². The number of carbonyl (C=O) groups is 1. The molecule has 6 nitrogen and oxygen atoms in total. The van der Waals surface area contributed by atoms with Gasteiger partial charge in [0.1, 0.15) is 11.3 Å². The van der Waals surface area contributed by atoms with Crippen molar-refractivity contribution in [3.8, 4) is 0 Å². The second-order valence-corrected chi connectivity index (χ2v) is 5.31. The third kappa shape index (κ3) is 2.81. The second-order valence-electron chi connectivity index (χ2n) is 5.31. The highest BCUT2D eigenvalue weighted by Gasteiger charge is 2.32. The summed E-state index contributed by atoms with van der Waals surface area (Å²) in [6.45, 7) is 0.793. The highest BCUT2D eigenvalue weighted by molar-refractivity contribution is 5.96. The summed E-state index contributed by atoms with van der Waals surface area (Å²) in [6, 6.07) is 8.68. The maximum absolute atomic E-state index is 12.1. The number of aromatic amines is 1. The largest absolute Gasteiger partial charge is 0.386 e. The van der Waals surface area contributed by atoms with Crippen LogP contribution in [-0.2, 0) is 4.74 Å². The number of ether oxygens (including phenoxy) is 1. The molecule has 1 aromatic heterocycles. The number of aliphatic hydroxyl groups is 1. The summed E-state index contributed by atoms with van der Waals surface area (Å²) < 4.78 is 5.12. The van der Waals surface area contributed by atoms with E-state index >= 15 is 0 Å². The van der Waals surface area contributed by atoms with Gasteiger partial charge in [-0.3, -0.25) is 9.59 Å². The van der Waals surface area contributed by atoms with Gasteiger partial charge in [-0.15, -0.1) is 0 Å². The number of hydrogen-bond donors (Lipinski definition) is 3. The van der Waals surface area contributed by atoms with E-state index in [-0.39, 0.29) is 24.4 Å². The predicted molar refractivity (Wildman–Crippen MR) is 77.3 cm³/mol. The third-order valence-electron chi connectivity index (χ3n) is 3.66. The molecule has 6 heteroatoms. The van der Waals surface area contributed by atoms with Gasteiger partial charge >= 0.3 is 0 Å². The highest BCUT2D eigenvalue weighted by atomic mass is 16.5. The summed E-state index contributed by atoms with van der Waals surface area (Å²) >= 11 is 0. The number of benzene rings is 1. The van der Waals surface area contributed by atoms with Crippen LogP contribution >= 0.6 is 0 Å². The molecule has 0 bridgehead atoms. The lowest BCUT2D eigenvalue weighted by atomic mass is 10.0. The van der Waals surface area contributed by atoms with E-state index in [2.05, 4.69) is 10.3 Å².